The fourth-order valence-electron chi connectivity index (χ4n) is 2.78. The van der Waals surface area contributed by atoms with Gasteiger partial charge in [-0.1, -0.05) is 26.2 Å². The summed E-state index contributed by atoms with van der Waals surface area (Å²) in [7, 11) is 0. The summed E-state index contributed by atoms with van der Waals surface area (Å²) >= 11 is 1.48. The molecule has 1 aliphatic rings. The van der Waals surface area contributed by atoms with E-state index in [9.17, 15) is 9.90 Å². The number of nitrogens with zero attached hydrogens (tertiary/aromatic N) is 1. The number of amides is 1. The number of hydrogen-bond acceptors (Lipinski definition) is 4. The molecule has 2 N–H and O–H groups in total. The molecule has 2 rings (SSSR count). The van der Waals surface area contributed by atoms with Gasteiger partial charge in [0.05, 0.1) is 11.2 Å². The number of aliphatic hydroxyl groups excluding tert-OH is 1. The molecule has 1 amide bonds. The van der Waals surface area contributed by atoms with E-state index in [1.165, 1.54) is 17.8 Å². The van der Waals surface area contributed by atoms with Gasteiger partial charge in [0.2, 0.25) is 0 Å². The summed E-state index contributed by atoms with van der Waals surface area (Å²) in [4.78, 5) is 17.3. The minimum Gasteiger partial charge on any atom is -0.396 e. The predicted molar refractivity (Wildman–Crippen MR) is 81.0 cm³/mol. The minimum absolute atomic E-state index is 0.0322. The number of thiazole rings is 1. The van der Waals surface area contributed by atoms with Gasteiger partial charge in [-0.05, 0) is 25.7 Å². The van der Waals surface area contributed by atoms with Crippen LogP contribution in [0.5, 0.6) is 0 Å². The second kappa shape index (κ2) is 7.74. The van der Waals surface area contributed by atoms with E-state index in [1.807, 2.05) is 0 Å². The monoisotopic (exact) mass is 296 g/mol. The molecule has 0 aromatic carbocycles. The standard InChI is InChI=1S/C15H24N2O2S/c1-2-6-14-16-9-13(20-14)15(19)17-12-8-5-3-4-7-11(12)10-18/h9,11-12,18H,2-8,10H2,1H3,(H,17,19). The number of carbonyl (C=O) groups excluding carboxylic acids is 1. The quantitative estimate of drug-likeness (QED) is 0.821. The van der Waals surface area contributed by atoms with Crippen LogP contribution in [0.1, 0.15) is 60.1 Å². The minimum atomic E-state index is -0.0322. The van der Waals surface area contributed by atoms with Crippen molar-refractivity contribution in [1.29, 1.82) is 0 Å². The first kappa shape index (κ1) is 15.4. The van der Waals surface area contributed by atoms with Gasteiger partial charge in [-0.25, -0.2) is 4.98 Å². The van der Waals surface area contributed by atoms with Crippen molar-refractivity contribution in [2.75, 3.05) is 6.61 Å². The molecule has 4 nitrogen and oxygen atoms in total. The van der Waals surface area contributed by atoms with E-state index in [2.05, 4.69) is 17.2 Å². The molecule has 2 atom stereocenters. The number of aliphatic hydroxyl groups is 1. The first-order valence-electron chi connectivity index (χ1n) is 7.61. The Morgan fingerprint density at radius 2 is 2.25 bits per heavy atom. The SMILES string of the molecule is CCCc1ncc(C(=O)NC2CCCCCC2CO)s1. The summed E-state index contributed by atoms with van der Waals surface area (Å²) in [6.45, 7) is 2.27. The largest absolute Gasteiger partial charge is 0.396 e. The van der Waals surface area contributed by atoms with E-state index in [0.29, 0.717) is 4.88 Å². The lowest BCUT2D eigenvalue weighted by Crippen LogP contribution is -2.40. The van der Waals surface area contributed by atoms with Crippen molar-refractivity contribution < 1.29 is 9.90 Å². The maximum atomic E-state index is 12.3. The Bertz CT molecular complexity index is 433. The molecular formula is C15H24N2O2S. The molecular weight excluding hydrogens is 272 g/mol. The Labute approximate surface area is 124 Å². The molecule has 0 saturated heterocycles. The van der Waals surface area contributed by atoms with Gasteiger partial charge in [0.15, 0.2) is 0 Å². The third-order valence-electron chi connectivity index (χ3n) is 3.95. The van der Waals surface area contributed by atoms with Crippen LogP contribution < -0.4 is 5.32 Å². The normalized spacial score (nSPS) is 23.3. The first-order valence-corrected chi connectivity index (χ1v) is 8.42. The Kier molecular flexibility index (Phi) is 5.98. The molecule has 20 heavy (non-hydrogen) atoms. The number of rotatable bonds is 5. The second-order valence-corrected chi connectivity index (χ2v) is 6.64. The van der Waals surface area contributed by atoms with Crippen molar-refractivity contribution in [3.8, 4) is 0 Å². The summed E-state index contributed by atoms with van der Waals surface area (Å²) in [5, 5.41) is 13.6. The zero-order chi connectivity index (χ0) is 14.4. The third kappa shape index (κ3) is 4.03. The summed E-state index contributed by atoms with van der Waals surface area (Å²) < 4.78 is 0. The Balaban J connectivity index is 1.97. The lowest BCUT2D eigenvalue weighted by Gasteiger charge is -2.24. The van der Waals surface area contributed by atoms with Gasteiger partial charge in [-0.3, -0.25) is 4.79 Å². The van der Waals surface area contributed by atoms with Crippen LogP contribution in [0.25, 0.3) is 0 Å². The Morgan fingerprint density at radius 3 is 3.00 bits per heavy atom. The number of aromatic nitrogens is 1. The Morgan fingerprint density at radius 1 is 1.45 bits per heavy atom. The zero-order valence-electron chi connectivity index (χ0n) is 12.1. The molecule has 1 heterocycles. The number of hydrogen-bond donors (Lipinski definition) is 2. The van der Waals surface area contributed by atoms with Gasteiger partial charge in [0.25, 0.3) is 5.91 Å². The van der Waals surface area contributed by atoms with Crippen molar-refractivity contribution in [2.45, 2.75) is 57.9 Å². The first-order chi connectivity index (χ1) is 9.74. The lowest BCUT2D eigenvalue weighted by molar-refractivity contribution is 0.0903. The fourth-order valence-corrected chi connectivity index (χ4v) is 3.70. The third-order valence-corrected chi connectivity index (χ3v) is 5.01. The van der Waals surface area contributed by atoms with Gasteiger partial charge in [0.1, 0.15) is 4.88 Å². The van der Waals surface area contributed by atoms with Crippen molar-refractivity contribution in [1.82, 2.24) is 10.3 Å². The molecule has 5 heteroatoms. The fraction of sp³-hybridized carbons (Fsp3) is 0.733. The average Bonchev–Trinajstić information content (AvgIpc) is 2.79. The van der Waals surface area contributed by atoms with E-state index in [4.69, 9.17) is 0 Å². The van der Waals surface area contributed by atoms with Crippen LogP contribution in [-0.2, 0) is 6.42 Å². The maximum absolute atomic E-state index is 12.3. The van der Waals surface area contributed by atoms with E-state index in [-0.39, 0.29) is 24.5 Å². The molecule has 1 aliphatic carbocycles. The summed E-state index contributed by atoms with van der Waals surface area (Å²) in [6, 6.07) is 0.103. The molecule has 2 unspecified atom stereocenters. The van der Waals surface area contributed by atoms with Crippen LogP contribution in [0.4, 0.5) is 0 Å². The van der Waals surface area contributed by atoms with Crippen molar-refractivity contribution in [3.05, 3.63) is 16.1 Å². The smallest absolute Gasteiger partial charge is 0.263 e. The van der Waals surface area contributed by atoms with Crippen molar-refractivity contribution >= 4 is 17.2 Å². The second-order valence-electron chi connectivity index (χ2n) is 5.53. The van der Waals surface area contributed by atoms with E-state index < -0.39 is 0 Å². The summed E-state index contributed by atoms with van der Waals surface area (Å²) in [5.41, 5.74) is 0. The van der Waals surface area contributed by atoms with E-state index in [0.717, 1.165) is 43.5 Å². The van der Waals surface area contributed by atoms with Crippen LogP contribution in [0, 0.1) is 5.92 Å². The molecule has 0 spiro atoms. The van der Waals surface area contributed by atoms with Crippen LogP contribution in [0.3, 0.4) is 0 Å². The number of nitrogens with one attached hydrogen (secondary N) is 1. The van der Waals surface area contributed by atoms with Gasteiger partial charge in [0, 0.05) is 18.6 Å². The summed E-state index contributed by atoms with van der Waals surface area (Å²) in [6.07, 6.45) is 9.11. The van der Waals surface area contributed by atoms with Crippen LogP contribution in [0.2, 0.25) is 0 Å². The van der Waals surface area contributed by atoms with Gasteiger partial charge in [-0.15, -0.1) is 11.3 Å². The summed E-state index contributed by atoms with van der Waals surface area (Å²) in [5.74, 6) is 0.166. The highest BCUT2D eigenvalue weighted by Gasteiger charge is 2.25. The topological polar surface area (TPSA) is 62.2 Å². The molecule has 1 saturated carbocycles. The van der Waals surface area contributed by atoms with Crippen molar-refractivity contribution in [2.24, 2.45) is 5.92 Å². The van der Waals surface area contributed by atoms with Crippen LogP contribution >= 0.6 is 11.3 Å². The predicted octanol–water partition coefficient (Wildman–Crippen LogP) is 2.77. The molecule has 0 bridgehead atoms. The molecule has 112 valence electrons. The highest BCUT2D eigenvalue weighted by atomic mass is 32.1. The number of aryl methyl sites for hydroxylation is 1. The molecule has 1 fully saturated rings. The van der Waals surface area contributed by atoms with E-state index >= 15 is 0 Å². The lowest BCUT2D eigenvalue weighted by atomic mass is 9.95. The van der Waals surface area contributed by atoms with Crippen LogP contribution in [-0.4, -0.2) is 28.6 Å². The van der Waals surface area contributed by atoms with Crippen molar-refractivity contribution in [3.63, 3.8) is 0 Å². The van der Waals surface area contributed by atoms with Crippen LogP contribution in [0.15, 0.2) is 6.20 Å². The molecule has 0 aliphatic heterocycles. The molecule has 1 aromatic rings. The average molecular weight is 296 g/mol. The highest BCUT2D eigenvalue weighted by molar-refractivity contribution is 7.13. The molecule has 1 aromatic heterocycles. The molecule has 0 radical (unpaired) electrons. The van der Waals surface area contributed by atoms with E-state index in [1.54, 1.807) is 6.20 Å². The Hall–Kier alpha value is -0.940. The zero-order valence-corrected chi connectivity index (χ0v) is 12.9. The number of carbonyl (C=O) groups is 1. The maximum Gasteiger partial charge on any atom is 0.263 e. The van der Waals surface area contributed by atoms with Gasteiger partial charge < -0.3 is 10.4 Å². The van der Waals surface area contributed by atoms with Gasteiger partial charge in [-0.2, -0.15) is 0 Å². The highest BCUT2D eigenvalue weighted by Crippen LogP contribution is 2.24. The van der Waals surface area contributed by atoms with Gasteiger partial charge >= 0.3 is 0 Å².